The van der Waals surface area contributed by atoms with E-state index in [2.05, 4.69) is 29.5 Å². The first-order valence-corrected chi connectivity index (χ1v) is 7.54. The Morgan fingerprint density at radius 2 is 2.15 bits per heavy atom. The first-order valence-electron chi connectivity index (χ1n) is 7.54. The van der Waals surface area contributed by atoms with Gasteiger partial charge in [-0.15, -0.1) is 0 Å². The highest BCUT2D eigenvalue weighted by molar-refractivity contribution is 5.99. The third kappa shape index (κ3) is 3.11. The Labute approximate surface area is 121 Å². The molecule has 20 heavy (non-hydrogen) atoms. The number of hydrogen-bond donors (Lipinski definition) is 2. The highest BCUT2D eigenvalue weighted by Crippen LogP contribution is 2.31. The Kier molecular flexibility index (Phi) is 4.63. The second-order valence-electron chi connectivity index (χ2n) is 5.90. The molecule has 0 aromatic carbocycles. The Hall–Kier alpha value is -1.58. The maximum absolute atomic E-state index is 12.5. The Morgan fingerprint density at radius 3 is 2.75 bits per heavy atom. The van der Waals surface area contributed by atoms with E-state index in [1.807, 2.05) is 19.9 Å². The Morgan fingerprint density at radius 1 is 1.40 bits per heavy atom. The summed E-state index contributed by atoms with van der Waals surface area (Å²) >= 11 is 0. The van der Waals surface area contributed by atoms with Crippen molar-refractivity contribution < 1.29 is 4.79 Å². The van der Waals surface area contributed by atoms with Crippen LogP contribution in [0, 0.1) is 18.8 Å². The van der Waals surface area contributed by atoms with Gasteiger partial charge in [0.15, 0.2) is 0 Å². The largest absolute Gasteiger partial charge is 0.385 e. The molecule has 1 fully saturated rings. The molecule has 1 amide bonds. The van der Waals surface area contributed by atoms with Crippen LogP contribution in [0.25, 0.3) is 0 Å². The van der Waals surface area contributed by atoms with Crippen LogP contribution >= 0.6 is 0 Å². The summed E-state index contributed by atoms with van der Waals surface area (Å²) in [7, 11) is 0. The van der Waals surface area contributed by atoms with Crippen molar-refractivity contribution in [2.75, 3.05) is 11.9 Å². The van der Waals surface area contributed by atoms with Gasteiger partial charge in [-0.05, 0) is 44.6 Å². The van der Waals surface area contributed by atoms with Crippen LogP contribution in [0.2, 0.25) is 0 Å². The van der Waals surface area contributed by atoms with Gasteiger partial charge in [0.05, 0.1) is 11.3 Å². The lowest BCUT2D eigenvalue weighted by atomic mass is 9.97. The summed E-state index contributed by atoms with van der Waals surface area (Å²) < 4.78 is 0. The van der Waals surface area contributed by atoms with Crippen LogP contribution in [0.4, 0.5) is 5.69 Å². The van der Waals surface area contributed by atoms with Crippen molar-refractivity contribution >= 4 is 11.6 Å². The van der Waals surface area contributed by atoms with E-state index in [1.165, 1.54) is 6.42 Å². The first kappa shape index (κ1) is 14.8. The number of nitrogens with zero attached hydrogens (tertiary/aromatic N) is 1. The van der Waals surface area contributed by atoms with Crippen molar-refractivity contribution in [1.82, 2.24) is 10.3 Å². The highest BCUT2D eigenvalue weighted by atomic mass is 16.1. The summed E-state index contributed by atoms with van der Waals surface area (Å²) in [6.45, 7) is 9.23. The summed E-state index contributed by atoms with van der Waals surface area (Å²) in [4.78, 5) is 16.7. The molecule has 0 radical (unpaired) electrons. The molecule has 0 spiro atoms. The van der Waals surface area contributed by atoms with Crippen LogP contribution in [-0.4, -0.2) is 23.5 Å². The van der Waals surface area contributed by atoms with Crippen LogP contribution < -0.4 is 10.6 Å². The second kappa shape index (κ2) is 6.25. The normalized spacial score (nSPS) is 25.5. The zero-order chi connectivity index (χ0) is 14.7. The molecular formula is C16H25N3O. The zero-order valence-electron chi connectivity index (χ0n) is 12.9. The van der Waals surface area contributed by atoms with Crippen molar-refractivity contribution in [3.8, 4) is 0 Å². The Bertz CT molecular complexity index is 487. The van der Waals surface area contributed by atoms with Crippen molar-refractivity contribution in [2.24, 2.45) is 11.8 Å². The smallest absolute Gasteiger partial charge is 0.255 e. The van der Waals surface area contributed by atoms with Gasteiger partial charge < -0.3 is 10.6 Å². The van der Waals surface area contributed by atoms with Gasteiger partial charge in [0.25, 0.3) is 5.91 Å². The summed E-state index contributed by atoms with van der Waals surface area (Å²) in [5.41, 5.74) is 2.43. The fourth-order valence-electron chi connectivity index (χ4n) is 2.89. The predicted octanol–water partition coefficient (Wildman–Crippen LogP) is 2.99. The molecule has 110 valence electrons. The van der Waals surface area contributed by atoms with E-state index in [-0.39, 0.29) is 11.9 Å². The van der Waals surface area contributed by atoms with Crippen molar-refractivity contribution in [1.29, 1.82) is 0 Å². The summed E-state index contributed by atoms with van der Waals surface area (Å²) in [6, 6.07) is 2.22. The van der Waals surface area contributed by atoms with Gasteiger partial charge in [-0.2, -0.15) is 0 Å². The molecule has 3 atom stereocenters. The monoisotopic (exact) mass is 275 g/mol. The van der Waals surface area contributed by atoms with E-state index in [4.69, 9.17) is 0 Å². The van der Waals surface area contributed by atoms with E-state index in [0.717, 1.165) is 24.3 Å². The van der Waals surface area contributed by atoms with Gasteiger partial charge in [0.1, 0.15) is 0 Å². The number of amides is 1. The molecule has 4 heteroatoms. The third-order valence-electron chi connectivity index (χ3n) is 4.43. The minimum atomic E-state index is -0.0144. The zero-order valence-corrected chi connectivity index (χ0v) is 12.9. The molecule has 0 aliphatic heterocycles. The van der Waals surface area contributed by atoms with Gasteiger partial charge in [-0.3, -0.25) is 9.78 Å². The van der Waals surface area contributed by atoms with Crippen molar-refractivity contribution in [2.45, 2.75) is 46.6 Å². The van der Waals surface area contributed by atoms with Gasteiger partial charge in [-0.1, -0.05) is 13.8 Å². The number of carbonyl (C=O) groups is 1. The van der Waals surface area contributed by atoms with Crippen LogP contribution in [-0.2, 0) is 0 Å². The maximum Gasteiger partial charge on any atom is 0.255 e. The quantitative estimate of drug-likeness (QED) is 0.888. The molecule has 1 aliphatic carbocycles. The molecule has 1 aliphatic rings. The average molecular weight is 275 g/mol. The third-order valence-corrected chi connectivity index (χ3v) is 4.43. The fourth-order valence-corrected chi connectivity index (χ4v) is 2.89. The van der Waals surface area contributed by atoms with E-state index < -0.39 is 0 Å². The summed E-state index contributed by atoms with van der Waals surface area (Å²) in [6.07, 6.45) is 3.94. The fraction of sp³-hybridized carbons (Fsp3) is 0.625. The lowest BCUT2D eigenvalue weighted by molar-refractivity contribution is 0.0928. The standard InChI is InChI=1S/C16H25N3O/c1-5-17-15-8-11(3)18-9-13(15)16(20)19-14-7-6-10(2)12(14)4/h8-10,12,14H,5-7H2,1-4H3,(H,17,18)(H,19,20). The second-order valence-corrected chi connectivity index (χ2v) is 5.90. The van der Waals surface area contributed by atoms with Crippen LogP contribution in [0.3, 0.4) is 0 Å². The number of aromatic nitrogens is 1. The minimum absolute atomic E-state index is 0.0144. The molecule has 1 saturated carbocycles. The molecule has 1 aromatic heterocycles. The van der Waals surface area contributed by atoms with Gasteiger partial charge in [0.2, 0.25) is 0 Å². The summed E-state index contributed by atoms with van der Waals surface area (Å²) in [5, 5.41) is 6.42. The van der Waals surface area contributed by atoms with Gasteiger partial charge in [-0.25, -0.2) is 0 Å². The number of hydrogen-bond acceptors (Lipinski definition) is 3. The molecule has 0 saturated heterocycles. The molecule has 2 N–H and O–H groups in total. The number of anilines is 1. The molecular weight excluding hydrogens is 250 g/mol. The van der Waals surface area contributed by atoms with Crippen LogP contribution in [0.1, 0.15) is 49.7 Å². The van der Waals surface area contributed by atoms with E-state index in [0.29, 0.717) is 17.4 Å². The highest BCUT2D eigenvalue weighted by Gasteiger charge is 2.31. The van der Waals surface area contributed by atoms with Gasteiger partial charge in [0, 0.05) is 24.5 Å². The van der Waals surface area contributed by atoms with E-state index in [9.17, 15) is 4.79 Å². The van der Waals surface area contributed by atoms with Crippen molar-refractivity contribution in [3.63, 3.8) is 0 Å². The minimum Gasteiger partial charge on any atom is -0.385 e. The molecule has 3 unspecified atom stereocenters. The van der Waals surface area contributed by atoms with Crippen LogP contribution in [0.5, 0.6) is 0 Å². The Balaban J connectivity index is 2.13. The SMILES string of the molecule is CCNc1cc(C)ncc1C(=O)NC1CCC(C)C1C. The molecule has 2 rings (SSSR count). The lowest BCUT2D eigenvalue weighted by Gasteiger charge is -2.20. The number of nitrogens with one attached hydrogen (secondary N) is 2. The molecule has 1 heterocycles. The average Bonchev–Trinajstić information content (AvgIpc) is 2.71. The summed E-state index contributed by atoms with van der Waals surface area (Å²) in [5.74, 6) is 1.21. The number of pyridine rings is 1. The number of aryl methyl sites for hydroxylation is 1. The molecule has 0 bridgehead atoms. The molecule has 4 nitrogen and oxygen atoms in total. The van der Waals surface area contributed by atoms with E-state index >= 15 is 0 Å². The predicted molar refractivity (Wildman–Crippen MR) is 82.0 cm³/mol. The molecule has 1 aromatic rings. The van der Waals surface area contributed by atoms with Gasteiger partial charge >= 0.3 is 0 Å². The van der Waals surface area contributed by atoms with E-state index in [1.54, 1.807) is 6.20 Å². The topological polar surface area (TPSA) is 54.0 Å². The van der Waals surface area contributed by atoms with Crippen molar-refractivity contribution in [3.05, 3.63) is 23.5 Å². The first-order chi connectivity index (χ1) is 9.52. The van der Waals surface area contributed by atoms with Crippen LogP contribution in [0.15, 0.2) is 12.3 Å². The lowest BCUT2D eigenvalue weighted by Crippen LogP contribution is -2.37. The number of carbonyl (C=O) groups excluding carboxylic acids is 1. The number of rotatable bonds is 4. The maximum atomic E-state index is 12.5.